The van der Waals surface area contributed by atoms with Crippen molar-refractivity contribution in [2.24, 2.45) is 0 Å². The summed E-state index contributed by atoms with van der Waals surface area (Å²) in [7, 11) is 0. The number of rotatable bonds is 3. The molecule has 0 unspecified atom stereocenters. The van der Waals surface area contributed by atoms with Crippen LogP contribution in [0.4, 0.5) is 11.4 Å². The summed E-state index contributed by atoms with van der Waals surface area (Å²) in [6, 6.07) is 12.5. The van der Waals surface area contributed by atoms with E-state index in [1.807, 2.05) is 24.3 Å². The van der Waals surface area contributed by atoms with Gasteiger partial charge in [-0.3, -0.25) is 4.79 Å². The molecule has 0 aliphatic carbocycles. The number of nitrogen functional groups attached to an aromatic ring is 1. The quantitative estimate of drug-likeness (QED) is 0.698. The van der Waals surface area contributed by atoms with E-state index in [1.54, 1.807) is 18.2 Å². The smallest absolute Gasteiger partial charge is 0.195 e. The number of ether oxygens (including phenoxy) is 1. The number of halogens is 1. The van der Waals surface area contributed by atoms with Crippen molar-refractivity contribution in [2.45, 2.75) is 0 Å². The standard InChI is InChI=1S/C17H17ClN2O2/c18-13-3-6-16(19)15(11-13)17(21)12-1-4-14(5-2-12)20-7-9-22-10-8-20/h1-6,11H,7-10,19H2. The Balaban J connectivity index is 1.82. The van der Waals surface area contributed by atoms with Crippen molar-refractivity contribution in [3.63, 3.8) is 0 Å². The molecule has 0 bridgehead atoms. The molecule has 1 aliphatic rings. The molecular formula is C17H17ClN2O2. The summed E-state index contributed by atoms with van der Waals surface area (Å²) < 4.78 is 5.34. The topological polar surface area (TPSA) is 55.6 Å². The first-order valence-electron chi connectivity index (χ1n) is 7.17. The SMILES string of the molecule is Nc1ccc(Cl)cc1C(=O)c1ccc(N2CCOCC2)cc1. The van der Waals surface area contributed by atoms with Crippen LogP contribution >= 0.6 is 11.6 Å². The van der Waals surface area contributed by atoms with Gasteiger partial charge in [0, 0.05) is 40.6 Å². The van der Waals surface area contributed by atoms with Crippen LogP contribution in [0.15, 0.2) is 42.5 Å². The summed E-state index contributed by atoms with van der Waals surface area (Å²) >= 11 is 5.95. The highest BCUT2D eigenvalue weighted by Crippen LogP contribution is 2.23. The summed E-state index contributed by atoms with van der Waals surface area (Å²) in [6.07, 6.45) is 0. The molecule has 2 aromatic carbocycles. The van der Waals surface area contributed by atoms with E-state index in [9.17, 15) is 4.79 Å². The fraction of sp³-hybridized carbons (Fsp3) is 0.235. The highest BCUT2D eigenvalue weighted by molar-refractivity contribution is 6.31. The van der Waals surface area contributed by atoms with Gasteiger partial charge in [-0.05, 0) is 42.5 Å². The van der Waals surface area contributed by atoms with Crippen LogP contribution in [0.3, 0.4) is 0 Å². The lowest BCUT2D eigenvalue weighted by atomic mass is 10.0. The number of ketones is 1. The van der Waals surface area contributed by atoms with Crippen molar-refractivity contribution in [1.29, 1.82) is 0 Å². The second-order valence-corrected chi connectivity index (χ2v) is 5.64. The summed E-state index contributed by atoms with van der Waals surface area (Å²) in [6.45, 7) is 3.21. The summed E-state index contributed by atoms with van der Waals surface area (Å²) in [5.41, 5.74) is 8.45. The van der Waals surface area contributed by atoms with E-state index in [0.717, 1.165) is 32.0 Å². The molecule has 5 heteroatoms. The molecule has 0 saturated carbocycles. The molecular weight excluding hydrogens is 300 g/mol. The first-order chi connectivity index (χ1) is 10.6. The Labute approximate surface area is 134 Å². The Hall–Kier alpha value is -2.04. The number of carbonyl (C=O) groups is 1. The number of nitrogens with zero attached hydrogens (tertiary/aromatic N) is 1. The van der Waals surface area contributed by atoms with E-state index in [2.05, 4.69) is 4.90 Å². The van der Waals surface area contributed by atoms with Gasteiger partial charge in [-0.15, -0.1) is 0 Å². The minimum atomic E-state index is -0.117. The maximum atomic E-state index is 12.5. The number of morpholine rings is 1. The largest absolute Gasteiger partial charge is 0.398 e. The molecule has 1 heterocycles. The van der Waals surface area contributed by atoms with Gasteiger partial charge in [-0.25, -0.2) is 0 Å². The van der Waals surface area contributed by atoms with Crippen molar-refractivity contribution in [3.05, 3.63) is 58.6 Å². The Kier molecular flexibility index (Phi) is 4.32. The number of benzene rings is 2. The van der Waals surface area contributed by atoms with Crippen molar-refractivity contribution in [1.82, 2.24) is 0 Å². The molecule has 4 nitrogen and oxygen atoms in total. The average molecular weight is 317 g/mol. The molecule has 0 atom stereocenters. The van der Waals surface area contributed by atoms with Crippen LogP contribution in [-0.2, 0) is 4.74 Å². The number of hydrogen-bond donors (Lipinski definition) is 1. The zero-order chi connectivity index (χ0) is 15.5. The third-order valence-electron chi connectivity index (χ3n) is 3.77. The van der Waals surface area contributed by atoms with Crippen molar-refractivity contribution < 1.29 is 9.53 Å². The lowest BCUT2D eigenvalue weighted by Crippen LogP contribution is -2.36. The molecule has 3 rings (SSSR count). The minimum absolute atomic E-state index is 0.117. The van der Waals surface area contributed by atoms with Crippen LogP contribution in [0.5, 0.6) is 0 Å². The van der Waals surface area contributed by atoms with Crippen LogP contribution in [0.1, 0.15) is 15.9 Å². The van der Waals surface area contributed by atoms with Gasteiger partial charge in [0.1, 0.15) is 0 Å². The van der Waals surface area contributed by atoms with Gasteiger partial charge in [-0.1, -0.05) is 11.6 Å². The van der Waals surface area contributed by atoms with Crippen LogP contribution in [0.25, 0.3) is 0 Å². The maximum Gasteiger partial charge on any atom is 0.195 e. The number of anilines is 2. The van der Waals surface area contributed by atoms with Crippen molar-refractivity contribution >= 4 is 28.8 Å². The van der Waals surface area contributed by atoms with Crippen LogP contribution < -0.4 is 10.6 Å². The van der Waals surface area contributed by atoms with E-state index in [1.165, 1.54) is 0 Å². The first-order valence-corrected chi connectivity index (χ1v) is 7.55. The highest BCUT2D eigenvalue weighted by atomic mass is 35.5. The second-order valence-electron chi connectivity index (χ2n) is 5.21. The van der Waals surface area contributed by atoms with Crippen molar-refractivity contribution in [3.8, 4) is 0 Å². The predicted molar refractivity (Wildman–Crippen MR) is 88.8 cm³/mol. The van der Waals surface area contributed by atoms with Gasteiger partial charge in [-0.2, -0.15) is 0 Å². The van der Waals surface area contributed by atoms with Crippen LogP contribution in [-0.4, -0.2) is 32.1 Å². The molecule has 22 heavy (non-hydrogen) atoms. The number of carbonyl (C=O) groups excluding carboxylic acids is 1. The lowest BCUT2D eigenvalue weighted by molar-refractivity contribution is 0.103. The maximum absolute atomic E-state index is 12.5. The predicted octanol–water partition coefficient (Wildman–Crippen LogP) is 2.99. The van der Waals surface area contributed by atoms with E-state index in [4.69, 9.17) is 22.1 Å². The van der Waals surface area contributed by atoms with Gasteiger partial charge in [0.25, 0.3) is 0 Å². The summed E-state index contributed by atoms with van der Waals surface area (Å²) in [5, 5.41) is 0.502. The average Bonchev–Trinajstić information content (AvgIpc) is 2.57. The van der Waals surface area contributed by atoms with Crippen molar-refractivity contribution in [2.75, 3.05) is 36.9 Å². The van der Waals surface area contributed by atoms with E-state index < -0.39 is 0 Å². The Morgan fingerprint density at radius 1 is 1.09 bits per heavy atom. The molecule has 0 spiro atoms. The molecule has 0 radical (unpaired) electrons. The third kappa shape index (κ3) is 3.08. The summed E-state index contributed by atoms with van der Waals surface area (Å²) in [5.74, 6) is -0.117. The third-order valence-corrected chi connectivity index (χ3v) is 4.00. The Bertz CT molecular complexity index is 680. The lowest BCUT2D eigenvalue weighted by Gasteiger charge is -2.28. The van der Waals surface area contributed by atoms with Crippen LogP contribution in [0, 0.1) is 0 Å². The fourth-order valence-electron chi connectivity index (χ4n) is 2.53. The van der Waals surface area contributed by atoms with Gasteiger partial charge in [0.2, 0.25) is 0 Å². The Morgan fingerprint density at radius 2 is 1.77 bits per heavy atom. The molecule has 1 fully saturated rings. The Morgan fingerprint density at radius 3 is 2.45 bits per heavy atom. The second kappa shape index (κ2) is 6.38. The van der Waals surface area contributed by atoms with Crippen LogP contribution in [0.2, 0.25) is 5.02 Å². The van der Waals surface area contributed by atoms with Gasteiger partial charge in [0.05, 0.1) is 13.2 Å². The highest BCUT2D eigenvalue weighted by Gasteiger charge is 2.15. The zero-order valence-corrected chi connectivity index (χ0v) is 12.8. The van der Waals surface area contributed by atoms with E-state index in [0.29, 0.717) is 21.8 Å². The summed E-state index contributed by atoms with van der Waals surface area (Å²) in [4.78, 5) is 14.8. The number of nitrogens with two attached hydrogens (primary N) is 1. The van der Waals surface area contributed by atoms with Gasteiger partial charge in [0.15, 0.2) is 5.78 Å². The molecule has 114 valence electrons. The van der Waals surface area contributed by atoms with Gasteiger partial charge < -0.3 is 15.4 Å². The zero-order valence-electron chi connectivity index (χ0n) is 12.1. The monoisotopic (exact) mass is 316 g/mol. The number of hydrogen-bond acceptors (Lipinski definition) is 4. The van der Waals surface area contributed by atoms with Gasteiger partial charge >= 0.3 is 0 Å². The minimum Gasteiger partial charge on any atom is -0.398 e. The fourth-order valence-corrected chi connectivity index (χ4v) is 2.70. The normalized spacial score (nSPS) is 14.9. The van der Waals surface area contributed by atoms with E-state index in [-0.39, 0.29) is 5.78 Å². The molecule has 1 aliphatic heterocycles. The first kappa shape index (κ1) is 14.9. The molecule has 1 saturated heterocycles. The molecule has 0 amide bonds. The molecule has 2 aromatic rings. The molecule has 0 aromatic heterocycles. The van der Waals surface area contributed by atoms with E-state index >= 15 is 0 Å². The molecule has 2 N–H and O–H groups in total.